The molecule has 2 aromatic heterocycles. The molecule has 2 rings (SSSR count). The van der Waals surface area contributed by atoms with Crippen LogP contribution in [0.4, 0.5) is 0 Å². The number of hydrogen-bond acceptors (Lipinski definition) is 3. The number of unbranched alkanes of at least 4 members (excludes halogenated alkanes) is 12. The van der Waals surface area contributed by atoms with Crippen molar-refractivity contribution in [2.45, 2.75) is 156 Å². The zero-order chi connectivity index (χ0) is 25.8. The van der Waals surface area contributed by atoms with E-state index in [4.69, 9.17) is 15.0 Å². The zero-order valence-corrected chi connectivity index (χ0v) is 24.2. The Bertz CT molecular complexity index is 760. The minimum absolute atomic E-state index is 1.01. The van der Waals surface area contributed by atoms with Gasteiger partial charge in [-0.15, -0.1) is 0 Å². The van der Waals surface area contributed by atoms with Crippen LogP contribution in [0, 0.1) is 0 Å². The van der Waals surface area contributed by atoms with Gasteiger partial charge in [0.2, 0.25) is 0 Å². The highest BCUT2D eigenvalue weighted by Crippen LogP contribution is 2.27. The SMILES string of the molecule is CCCCCCc1ccc(CCCCCC)c(-c2nc(CCCCCC)cnc2CCCCCC)n1. The summed E-state index contributed by atoms with van der Waals surface area (Å²) in [6.07, 6.45) is 26.5. The van der Waals surface area contributed by atoms with Gasteiger partial charge in [0.15, 0.2) is 0 Å². The van der Waals surface area contributed by atoms with Gasteiger partial charge in [-0.2, -0.15) is 0 Å². The fourth-order valence-electron chi connectivity index (χ4n) is 4.95. The van der Waals surface area contributed by atoms with E-state index in [1.54, 1.807) is 0 Å². The Kier molecular flexibility index (Phi) is 16.4. The number of aryl methyl sites for hydroxylation is 4. The van der Waals surface area contributed by atoms with Crippen LogP contribution in [0.3, 0.4) is 0 Å². The molecule has 2 aromatic rings. The van der Waals surface area contributed by atoms with Gasteiger partial charge in [0, 0.05) is 11.9 Å². The number of nitrogens with zero attached hydrogens (tertiary/aromatic N) is 3. The van der Waals surface area contributed by atoms with Crippen LogP contribution in [0.1, 0.15) is 153 Å². The molecule has 3 nitrogen and oxygen atoms in total. The van der Waals surface area contributed by atoms with Gasteiger partial charge in [-0.05, 0) is 63.0 Å². The molecule has 0 bridgehead atoms. The largest absolute Gasteiger partial charge is 0.257 e. The molecule has 0 unspecified atom stereocenters. The molecular weight excluding hydrogens is 438 g/mol. The normalized spacial score (nSPS) is 11.3. The summed E-state index contributed by atoms with van der Waals surface area (Å²) in [7, 11) is 0. The van der Waals surface area contributed by atoms with Gasteiger partial charge in [-0.1, -0.05) is 111 Å². The Labute approximate surface area is 223 Å². The van der Waals surface area contributed by atoms with Crippen LogP contribution in [0.15, 0.2) is 18.3 Å². The lowest BCUT2D eigenvalue weighted by Crippen LogP contribution is -2.07. The Hall–Kier alpha value is -1.77. The van der Waals surface area contributed by atoms with Crippen LogP contribution in [0.25, 0.3) is 11.4 Å². The van der Waals surface area contributed by atoms with Crippen molar-refractivity contribution in [1.29, 1.82) is 0 Å². The molecule has 0 N–H and O–H groups in total. The molecule has 0 aromatic carbocycles. The number of hydrogen-bond donors (Lipinski definition) is 0. The molecule has 0 fully saturated rings. The summed E-state index contributed by atoms with van der Waals surface area (Å²) >= 11 is 0. The molecule has 202 valence electrons. The Morgan fingerprint density at radius 3 is 1.56 bits per heavy atom. The molecule has 0 radical (unpaired) electrons. The molecule has 0 spiro atoms. The average Bonchev–Trinajstić information content (AvgIpc) is 2.90. The third kappa shape index (κ3) is 11.5. The quantitative estimate of drug-likeness (QED) is 0.162. The first kappa shape index (κ1) is 30.5. The molecule has 36 heavy (non-hydrogen) atoms. The molecule has 0 atom stereocenters. The maximum atomic E-state index is 5.29. The van der Waals surface area contributed by atoms with E-state index >= 15 is 0 Å². The van der Waals surface area contributed by atoms with Crippen LogP contribution >= 0.6 is 0 Å². The van der Waals surface area contributed by atoms with Gasteiger partial charge in [0.05, 0.1) is 17.1 Å². The maximum Gasteiger partial charge on any atom is 0.111 e. The van der Waals surface area contributed by atoms with Crippen molar-refractivity contribution < 1.29 is 0 Å². The summed E-state index contributed by atoms with van der Waals surface area (Å²) in [6, 6.07) is 4.65. The van der Waals surface area contributed by atoms with E-state index in [9.17, 15) is 0 Å². The van der Waals surface area contributed by atoms with Crippen molar-refractivity contribution >= 4 is 0 Å². The summed E-state index contributed by atoms with van der Waals surface area (Å²) < 4.78 is 0. The van der Waals surface area contributed by atoms with Crippen molar-refractivity contribution in [1.82, 2.24) is 15.0 Å². The first-order valence-corrected chi connectivity index (χ1v) is 15.6. The number of rotatable bonds is 21. The molecule has 0 aliphatic rings. The van der Waals surface area contributed by atoms with E-state index in [0.29, 0.717) is 0 Å². The molecular formula is C33H55N3. The minimum atomic E-state index is 1.01. The van der Waals surface area contributed by atoms with Gasteiger partial charge in [0.25, 0.3) is 0 Å². The highest BCUT2D eigenvalue weighted by molar-refractivity contribution is 5.62. The lowest BCUT2D eigenvalue weighted by Gasteiger charge is -2.15. The monoisotopic (exact) mass is 493 g/mol. The van der Waals surface area contributed by atoms with Crippen LogP contribution in [0.2, 0.25) is 0 Å². The lowest BCUT2D eigenvalue weighted by molar-refractivity contribution is 0.649. The van der Waals surface area contributed by atoms with E-state index in [1.165, 1.54) is 114 Å². The third-order valence-corrected chi connectivity index (χ3v) is 7.30. The topological polar surface area (TPSA) is 38.7 Å². The summed E-state index contributed by atoms with van der Waals surface area (Å²) in [6.45, 7) is 9.11. The third-order valence-electron chi connectivity index (χ3n) is 7.30. The predicted octanol–water partition coefficient (Wildman–Crippen LogP) is 10.0. The van der Waals surface area contributed by atoms with Gasteiger partial charge in [-0.3, -0.25) is 9.97 Å². The second kappa shape index (κ2) is 19.4. The highest BCUT2D eigenvalue weighted by atomic mass is 14.9. The molecule has 0 saturated heterocycles. The lowest BCUT2D eigenvalue weighted by atomic mass is 9.99. The molecule has 0 aliphatic carbocycles. The molecule has 3 heteroatoms. The Balaban J connectivity index is 2.35. The average molecular weight is 494 g/mol. The first-order valence-electron chi connectivity index (χ1n) is 15.6. The second-order valence-electron chi connectivity index (χ2n) is 10.7. The highest BCUT2D eigenvalue weighted by Gasteiger charge is 2.16. The molecule has 0 saturated carbocycles. The zero-order valence-electron chi connectivity index (χ0n) is 24.2. The van der Waals surface area contributed by atoms with Crippen LogP contribution < -0.4 is 0 Å². The maximum absolute atomic E-state index is 5.29. The van der Waals surface area contributed by atoms with Gasteiger partial charge >= 0.3 is 0 Å². The van der Waals surface area contributed by atoms with Crippen molar-refractivity contribution in [2.24, 2.45) is 0 Å². The molecule has 0 amide bonds. The predicted molar refractivity (Wildman–Crippen MR) is 157 cm³/mol. The number of aromatic nitrogens is 3. The van der Waals surface area contributed by atoms with E-state index in [1.807, 2.05) is 0 Å². The Morgan fingerprint density at radius 1 is 0.472 bits per heavy atom. The van der Waals surface area contributed by atoms with Crippen molar-refractivity contribution in [2.75, 3.05) is 0 Å². The molecule has 2 heterocycles. The minimum Gasteiger partial charge on any atom is -0.257 e. The second-order valence-corrected chi connectivity index (χ2v) is 10.7. The van der Waals surface area contributed by atoms with Crippen molar-refractivity contribution in [3.05, 3.63) is 41.0 Å². The summed E-state index contributed by atoms with van der Waals surface area (Å²) in [5.74, 6) is 0. The van der Waals surface area contributed by atoms with E-state index < -0.39 is 0 Å². The summed E-state index contributed by atoms with van der Waals surface area (Å²) in [5.41, 5.74) is 7.12. The molecule has 0 aliphatic heterocycles. The smallest absolute Gasteiger partial charge is 0.111 e. The standard InChI is InChI=1S/C33H55N3/c1-5-9-13-17-21-28-25-26-29(22-18-14-10-6-2)35-32(28)33-31(24-20-16-12-8-4)34-27-30(36-33)23-19-15-11-7-3/h25-27H,5-24H2,1-4H3. The fraction of sp³-hybridized carbons (Fsp3) is 0.727. The van der Waals surface area contributed by atoms with Crippen LogP contribution in [-0.2, 0) is 25.7 Å². The van der Waals surface area contributed by atoms with E-state index in [-0.39, 0.29) is 0 Å². The number of pyridine rings is 1. The van der Waals surface area contributed by atoms with E-state index in [0.717, 1.165) is 48.5 Å². The van der Waals surface area contributed by atoms with Gasteiger partial charge < -0.3 is 0 Å². The summed E-state index contributed by atoms with van der Waals surface area (Å²) in [4.78, 5) is 15.6. The van der Waals surface area contributed by atoms with Crippen molar-refractivity contribution in [3.63, 3.8) is 0 Å². The van der Waals surface area contributed by atoms with Gasteiger partial charge in [-0.25, -0.2) is 4.98 Å². The summed E-state index contributed by atoms with van der Waals surface area (Å²) in [5, 5.41) is 0. The van der Waals surface area contributed by atoms with E-state index in [2.05, 4.69) is 46.0 Å². The Morgan fingerprint density at radius 2 is 0.972 bits per heavy atom. The first-order chi connectivity index (χ1) is 17.7. The van der Waals surface area contributed by atoms with Crippen molar-refractivity contribution in [3.8, 4) is 11.4 Å². The van der Waals surface area contributed by atoms with Crippen LogP contribution in [-0.4, -0.2) is 15.0 Å². The van der Waals surface area contributed by atoms with Gasteiger partial charge in [0.1, 0.15) is 5.69 Å². The fourth-order valence-corrected chi connectivity index (χ4v) is 4.95. The van der Waals surface area contributed by atoms with Crippen LogP contribution in [0.5, 0.6) is 0 Å².